The molecule has 384 valence electrons. The van der Waals surface area contributed by atoms with E-state index in [0.29, 0.717) is 86.4 Å². The number of nitrogens with one attached hydrogen (secondary N) is 3. The summed E-state index contributed by atoms with van der Waals surface area (Å²) in [6.45, 7) is 8.54. The number of nitrogen functional groups attached to an aromatic ring is 1. The van der Waals surface area contributed by atoms with Crippen molar-refractivity contribution in [2.75, 3.05) is 103 Å². The number of rotatable bonds is 22. The third-order valence-corrected chi connectivity index (χ3v) is 13.7. The summed E-state index contributed by atoms with van der Waals surface area (Å²) in [4.78, 5) is 92.9. The lowest BCUT2D eigenvalue weighted by molar-refractivity contribution is -0.136. The van der Waals surface area contributed by atoms with Gasteiger partial charge in [0.2, 0.25) is 23.6 Å². The standard InChI is InChI=1S/C52H62N12O9/c53-48-46-47(35-13-15-38(16-14-35)73-37-8-2-1-3-9-37)59-64(49(46)57-34-56-48)36-7-5-23-62(33-36)44(67)12-6-22-60-25-27-61(28-26-60)24-20-55-42(65)19-29-71-31-32-72-30-21-54-40-11-4-10-39-45(40)52(70)63(51(39)69)41-17-18-43(66)58-50(41)68/h1-4,8-11,13-16,34,36,41,54H,5-7,12,17-33H2,(H,55,65)(H2,53,56,57)(H,58,66,68)/t36-,41?/m1/s1. The molecule has 0 bridgehead atoms. The summed E-state index contributed by atoms with van der Waals surface area (Å²) in [5, 5.41) is 14.1. The molecule has 21 heteroatoms. The highest BCUT2D eigenvalue weighted by Gasteiger charge is 2.45. The lowest BCUT2D eigenvalue weighted by Gasteiger charge is -2.35. The first-order valence-corrected chi connectivity index (χ1v) is 25.2. The maximum atomic E-state index is 13.6. The summed E-state index contributed by atoms with van der Waals surface area (Å²) >= 11 is 0. The number of piperazine rings is 1. The summed E-state index contributed by atoms with van der Waals surface area (Å²) in [6, 6.07) is 21.2. The van der Waals surface area contributed by atoms with Gasteiger partial charge in [-0.15, -0.1) is 0 Å². The molecule has 2 atom stereocenters. The van der Waals surface area contributed by atoms with E-state index in [1.165, 1.54) is 6.33 Å². The number of piperidine rings is 2. The van der Waals surface area contributed by atoms with Gasteiger partial charge in [0.15, 0.2) is 5.65 Å². The van der Waals surface area contributed by atoms with Crippen LogP contribution in [-0.2, 0) is 28.7 Å². The fraction of sp³-hybridized carbons (Fsp3) is 0.442. The van der Waals surface area contributed by atoms with Gasteiger partial charge < -0.3 is 40.4 Å². The molecular weight excluding hydrogens is 937 g/mol. The molecule has 6 heterocycles. The van der Waals surface area contributed by atoms with Crippen LogP contribution in [0.15, 0.2) is 79.1 Å². The number of aromatic nitrogens is 4. The molecule has 4 aliphatic rings. The SMILES string of the molecule is Nc1ncnc2c1c(-c1ccc(Oc3ccccc3)cc1)nn2[C@@H]1CCCN(C(=O)CCCN2CCN(CCNC(=O)CCOCCOCCNc3cccc4c3C(=O)N(C3CCC(=O)NC3=O)C4=O)CC2)C1. The normalized spacial score (nSPS) is 18.5. The van der Waals surface area contributed by atoms with Gasteiger partial charge in [-0.1, -0.05) is 24.3 Å². The molecule has 1 unspecified atom stereocenters. The molecule has 3 fully saturated rings. The van der Waals surface area contributed by atoms with Crippen molar-refractivity contribution < 1.29 is 43.0 Å². The number of amides is 6. The minimum atomic E-state index is -1.03. The van der Waals surface area contributed by atoms with Crippen molar-refractivity contribution in [2.24, 2.45) is 0 Å². The van der Waals surface area contributed by atoms with E-state index >= 15 is 0 Å². The molecule has 6 amide bonds. The Hall–Kier alpha value is -7.33. The Balaban J connectivity index is 0.615. The highest BCUT2D eigenvalue weighted by Crippen LogP contribution is 2.36. The van der Waals surface area contributed by atoms with Crippen LogP contribution in [0.3, 0.4) is 0 Å². The summed E-state index contributed by atoms with van der Waals surface area (Å²) in [5.74, 6) is -0.330. The van der Waals surface area contributed by atoms with E-state index in [1.807, 2.05) is 64.2 Å². The number of nitrogens with two attached hydrogens (primary N) is 1. The zero-order chi connectivity index (χ0) is 50.7. The van der Waals surface area contributed by atoms with Gasteiger partial charge in [-0.05, 0) is 80.8 Å². The minimum absolute atomic E-state index is 0.0516. The van der Waals surface area contributed by atoms with E-state index in [0.717, 1.165) is 74.7 Å². The summed E-state index contributed by atoms with van der Waals surface area (Å²) in [7, 11) is 0. The molecule has 5 aromatic rings. The van der Waals surface area contributed by atoms with Gasteiger partial charge in [0.05, 0.1) is 49.0 Å². The molecule has 2 aromatic heterocycles. The molecule has 73 heavy (non-hydrogen) atoms. The number of hydrogen-bond acceptors (Lipinski definition) is 16. The number of imide groups is 2. The van der Waals surface area contributed by atoms with Gasteiger partial charge in [-0.25, -0.2) is 14.6 Å². The molecule has 3 aromatic carbocycles. The molecule has 5 N–H and O–H groups in total. The Labute approximate surface area is 422 Å². The van der Waals surface area contributed by atoms with Crippen LogP contribution in [0, 0.1) is 0 Å². The fourth-order valence-corrected chi connectivity index (χ4v) is 9.84. The molecule has 21 nitrogen and oxygen atoms in total. The van der Waals surface area contributed by atoms with Gasteiger partial charge in [0.1, 0.15) is 35.4 Å². The van der Waals surface area contributed by atoms with Crippen molar-refractivity contribution in [3.05, 3.63) is 90.3 Å². The van der Waals surface area contributed by atoms with Gasteiger partial charge >= 0.3 is 0 Å². The van der Waals surface area contributed by atoms with Crippen LogP contribution in [0.2, 0.25) is 0 Å². The highest BCUT2D eigenvalue weighted by molar-refractivity contribution is 6.25. The van der Waals surface area contributed by atoms with E-state index in [-0.39, 0.29) is 54.9 Å². The third kappa shape index (κ3) is 12.3. The number of likely N-dealkylation sites (tertiary alicyclic amines) is 1. The maximum absolute atomic E-state index is 13.6. The van der Waals surface area contributed by atoms with Crippen molar-refractivity contribution >= 4 is 58.0 Å². The van der Waals surface area contributed by atoms with E-state index in [1.54, 1.807) is 18.2 Å². The molecule has 0 radical (unpaired) electrons. The number of carbonyl (C=O) groups is 6. The largest absolute Gasteiger partial charge is 0.457 e. The molecule has 4 aliphatic heterocycles. The zero-order valence-corrected chi connectivity index (χ0v) is 40.8. The Morgan fingerprint density at radius 2 is 1.52 bits per heavy atom. The number of benzene rings is 3. The van der Waals surface area contributed by atoms with Gasteiger partial charge in [-0.3, -0.25) is 43.9 Å². The molecule has 0 spiro atoms. The van der Waals surface area contributed by atoms with Crippen LogP contribution in [0.25, 0.3) is 22.3 Å². The lowest BCUT2D eigenvalue weighted by atomic mass is 10.0. The van der Waals surface area contributed by atoms with Crippen molar-refractivity contribution in [3.8, 4) is 22.8 Å². The van der Waals surface area contributed by atoms with Crippen LogP contribution in [0.5, 0.6) is 11.5 Å². The third-order valence-electron chi connectivity index (χ3n) is 13.7. The quantitative estimate of drug-likeness (QED) is 0.0573. The second-order valence-electron chi connectivity index (χ2n) is 18.5. The number of nitrogens with zero attached hydrogens (tertiary/aromatic N) is 8. The summed E-state index contributed by atoms with van der Waals surface area (Å²) < 4.78 is 19.2. The Kier molecular flexibility index (Phi) is 16.6. The predicted molar refractivity (Wildman–Crippen MR) is 270 cm³/mol. The average molecular weight is 999 g/mol. The Morgan fingerprint density at radius 3 is 2.30 bits per heavy atom. The number of anilines is 2. The van der Waals surface area contributed by atoms with Crippen molar-refractivity contribution in [3.63, 3.8) is 0 Å². The first-order chi connectivity index (χ1) is 35.6. The summed E-state index contributed by atoms with van der Waals surface area (Å²) in [6.07, 6.45) is 4.83. The molecule has 9 rings (SSSR count). The first-order valence-electron chi connectivity index (χ1n) is 25.2. The molecular formula is C52H62N12O9. The van der Waals surface area contributed by atoms with Gasteiger partial charge in [-0.2, -0.15) is 5.10 Å². The highest BCUT2D eigenvalue weighted by atomic mass is 16.5. The molecule has 0 saturated carbocycles. The number of hydrogen-bond donors (Lipinski definition) is 4. The van der Waals surface area contributed by atoms with E-state index in [4.69, 9.17) is 25.0 Å². The van der Waals surface area contributed by atoms with Crippen molar-refractivity contribution in [2.45, 2.75) is 57.0 Å². The Morgan fingerprint density at radius 1 is 0.767 bits per heavy atom. The average Bonchev–Trinajstić information content (AvgIpc) is 3.92. The summed E-state index contributed by atoms with van der Waals surface area (Å²) in [5.41, 5.74) is 9.50. The van der Waals surface area contributed by atoms with Crippen LogP contribution in [-0.4, -0.2) is 173 Å². The van der Waals surface area contributed by atoms with Crippen LogP contribution in [0.1, 0.15) is 71.7 Å². The molecule has 0 aliphatic carbocycles. The number of ether oxygens (including phenoxy) is 3. The van der Waals surface area contributed by atoms with Crippen molar-refractivity contribution in [1.29, 1.82) is 0 Å². The predicted octanol–water partition coefficient (Wildman–Crippen LogP) is 3.48. The minimum Gasteiger partial charge on any atom is -0.457 e. The smallest absolute Gasteiger partial charge is 0.264 e. The van der Waals surface area contributed by atoms with Crippen LogP contribution >= 0.6 is 0 Å². The number of carbonyl (C=O) groups excluding carboxylic acids is 6. The van der Waals surface area contributed by atoms with Gasteiger partial charge in [0.25, 0.3) is 11.8 Å². The topological polar surface area (TPSA) is 249 Å². The fourth-order valence-electron chi connectivity index (χ4n) is 9.84. The second kappa shape index (κ2) is 23.9. The van der Waals surface area contributed by atoms with Crippen LogP contribution < -0.4 is 26.4 Å². The van der Waals surface area contributed by atoms with Gasteiger partial charge in [0, 0.05) is 89.4 Å². The number of fused-ring (bicyclic) bond motifs is 2. The van der Waals surface area contributed by atoms with Crippen molar-refractivity contribution in [1.82, 2.24) is 50.0 Å². The maximum Gasteiger partial charge on any atom is 0.264 e. The monoisotopic (exact) mass is 998 g/mol. The second-order valence-corrected chi connectivity index (χ2v) is 18.5. The van der Waals surface area contributed by atoms with E-state index < -0.39 is 29.7 Å². The van der Waals surface area contributed by atoms with E-state index in [9.17, 15) is 28.8 Å². The molecule has 3 saturated heterocycles. The lowest BCUT2D eigenvalue weighted by Crippen LogP contribution is -2.54. The Bertz CT molecular complexity index is 2780. The zero-order valence-electron chi connectivity index (χ0n) is 40.8. The number of para-hydroxylation sites is 1. The first kappa shape index (κ1) is 50.6. The van der Waals surface area contributed by atoms with Crippen LogP contribution in [0.4, 0.5) is 11.5 Å². The van der Waals surface area contributed by atoms with E-state index in [2.05, 4.69) is 35.7 Å².